The third kappa shape index (κ3) is 1.14. The van der Waals surface area contributed by atoms with E-state index in [0.717, 1.165) is 5.52 Å². The van der Waals surface area contributed by atoms with Gasteiger partial charge in [-0.05, 0) is 31.0 Å². The van der Waals surface area contributed by atoms with Crippen LogP contribution >= 0.6 is 0 Å². The molecule has 0 atom stereocenters. The molecule has 0 saturated carbocycles. The Morgan fingerprint density at radius 2 is 1.93 bits per heavy atom. The van der Waals surface area contributed by atoms with Crippen LogP contribution in [0.15, 0.2) is 30.6 Å². The Morgan fingerprint density at radius 1 is 1.07 bits per heavy atom. The summed E-state index contributed by atoms with van der Waals surface area (Å²) in [6.07, 6.45) is 3.80. The topological polar surface area (TPSA) is 28.7 Å². The molecule has 3 rings (SSSR count). The average molecular weight is 196 g/mol. The molecule has 0 unspecified atom stereocenters. The van der Waals surface area contributed by atoms with Gasteiger partial charge in [-0.15, -0.1) is 0 Å². The fraction of sp³-hybridized carbons (Fsp3) is 0.154. The summed E-state index contributed by atoms with van der Waals surface area (Å²) in [6, 6.07) is 6.50. The third-order valence-electron chi connectivity index (χ3n) is 2.85. The first-order valence-electron chi connectivity index (χ1n) is 5.08. The summed E-state index contributed by atoms with van der Waals surface area (Å²) < 4.78 is 0. The molecule has 0 spiro atoms. The molecular formula is C13H12N2. The Kier molecular flexibility index (Phi) is 1.60. The molecule has 0 saturated heterocycles. The van der Waals surface area contributed by atoms with Crippen molar-refractivity contribution in [1.82, 2.24) is 9.97 Å². The van der Waals surface area contributed by atoms with Gasteiger partial charge in [0.1, 0.15) is 0 Å². The smallest absolute Gasteiger partial charge is 0.0654 e. The number of aromatic nitrogens is 2. The maximum atomic E-state index is 4.20. The number of aromatic amines is 1. The summed E-state index contributed by atoms with van der Waals surface area (Å²) in [5.41, 5.74) is 4.82. The molecule has 2 nitrogen and oxygen atoms in total. The van der Waals surface area contributed by atoms with E-state index in [2.05, 4.69) is 42.0 Å². The van der Waals surface area contributed by atoms with E-state index < -0.39 is 0 Å². The number of rotatable bonds is 0. The summed E-state index contributed by atoms with van der Waals surface area (Å²) in [7, 11) is 0. The van der Waals surface area contributed by atoms with Crippen molar-refractivity contribution in [2.45, 2.75) is 13.8 Å². The zero-order valence-electron chi connectivity index (χ0n) is 8.83. The van der Waals surface area contributed by atoms with Crippen molar-refractivity contribution in [2.75, 3.05) is 0 Å². The van der Waals surface area contributed by atoms with Crippen molar-refractivity contribution >= 4 is 21.8 Å². The minimum atomic E-state index is 1.12. The largest absolute Gasteiger partial charge is 0.353 e. The number of benzene rings is 1. The molecule has 1 aromatic carbocycles. The van der Waals surface area contributed by atoms with Crippen LogP contribution in [-0.2, 0) is 0 Å². The van der Waals surface area contributed by atoms with Gasteiger partial charge in [0.25, 0.3) is 0 Å². The van der Waals surface area contributed by atoms with E-state index in [-0.39, 0.29) is 0 Å². The normalized spacial score (nSPS) is 11.3. The third-order valence-corrected chi connectivity index (χ3v) is 2.85. The molecule has 2 aromatic heterocycles. The molecule has 2 heterocycles. The number of hydrogen-bond donors (Lipinski definition) is 1. The highest BCUT2D eigenvalue weighted by atomic mass is 14.7. The van der Waals surface area contributed by atoms with Crippen LogP contribution in [-0.4, -0.2) is 9.97 Å². The number of nitrogens with one attached hydrogen (secondary N) is 1. The molecule has 0 aliphatic heterocycles. The van der Waals surface area contributed by atoms with E-state index in [4.69, 9.17) is 0 Å². The highest BCUT2D eigenvalue weighted by Crippen LogP contribution is 2.27. The van der Waals surface area contributed by atoms with Crippen molar-refractivity contribution in [1.29, 1.82) is 0 Å². The SMILES string of the molecule is Cc1ccc2c(c1)[nH]c1cncc(C)c12. The monoisotopic (exact) mass is 196 g/mol. The van der Waals surface area contributed by atoms with E-state index >= 15 is 0 Å². The fourth-order valence-electron chi connectivity index (χ4n) is 2.14. The zero-order chi connectivity index (χ0) is 10.4. The van der Waals surface area contributed by atoms with Crippen molar-refractivity contribution in [3.63, 3.8) is 0 Å². The minimum absolute atomic E-state index is 1.12. The van der Waals surface area contributed by atoms with Crippen LogP contribution in [0.4, 0.5) is 0 Å². The fourth-order valence-corrected chi connectivity index (χ4v) is 2.14. The molecule has 15 heavy (non-hydrogen) atoms. The number of pyridine rings is 1. The molecule has 0 aliphatic carbocycles. The zero-order valence-corrected chi connectivity index (χ0v) is 8.83. The van der Waals surface area contributed by atoms with Gasteiger partial charge >= 0.3 is 0 Å². The van der Waals surface area contributed by atoms with Crippen molar-refractivity contribution in [2.24, 2.45) is 0 Å². The van der Waals surface area contributed by atoms with Gasteiger partial charge in [0, 0.05) is 22.5 Å². The Bertz CT molecular complexity index is 650. The second-order valence-corrected chi connectivity index (χ2v) is 4.05. The lowest BCUT2D eigenvalue weighted by atomic mass is 10.1. The molecule has 3 aromatic rings. The number of nitrogens with zero attached hydrogens (tertiary/aromatic N) is 1. The van der Waals surface area contributed by atoms with Gasteiger partial charge in [0.15, 0.2) is 0 Å². The predicted molar refractivity (Wildman–Crippen MR) is 63.1 cm³/mol. The first-order valence-corrected chi connectivity index (χ1v) is 5.08. The lowest BCUT2D eigenvalue weighted by Crippen LogP contribution is -1.77. The molecule has 1 N–H and O–H groups in total. The lowest BCUT2D eigenvalue weighted by Gasteiger charge is -1.95. The minimum Gasteiger partial charge on any atom is -0.353 e. The number of hydrogen-bond acceptors (Lipinski definition) is 1. The van der Waals surface area contributed by atoms with Crippen LogP contribution in [0, 0.1) is 13.8 Å². The highest BCUT2D eigenvalue weighted by molar-refractivity contribution is 6.08. The quantitative estimate of drug-likeness (QED) is 0.587. The van der Waals surface area contributed by atoms with Crippen LogP contribution in [0.3, 0.4) is 0 Å². The first-order chi connectivity index (χ1) is 7.25. The Balaban J connectivity index is 2.59. The maximum Gasteiger partial charge on any atom is 0.0654 e. The van der Waals surface area contributed by atoms with Gasteiger partial charge in [-0.3, -0.25) is 4.98 Å². The van der Waals surface area contributed by atoms with Crippen LogP contribution < -0.4 is 0 Å². The highest BCUT2D eigenvalue weighted by Gasteiger charge is 2.06. The van der Waals surface area contributed by atoms with Crippen LogP contribution in [0.25, 0.3) is 21.8 Å². The second kappa shape index (κ2) is 2.83. The number of aryl methyl sites for hydroxylation is 2. The van der Waals surface area contributed by atoms with Gasteiger partial charge in [0.2, 0.25) is 0 Å². The first kappa shape index (κ1) is 8.48. The van der Waals surface area contributed by atoms with Gasteiger partial charge in [0.05, 0.1) is 11.7 Å². The van der Waals surface area contributed by atoms with E-state index in [9.17, 15) is 0 Å². The van der Waals surface area contributed by atoms with E-state index in [0.29, 0.717) is 0 Å². The van der Waals surface area contributed by atoms with Gasteiger partial charge < -0.3 is 4.98 Å². The Morgan fingerprint density at radius 3 is 2.80 bits per heavy atom. The maximum absolute atomic E-state index is 4.20. The molecule has 0 amide bonds. The molecule has 0 aliphatic rings. The summed E-state index contributed by atoms with van der Waals surface area (Å²) in [4.78, 5) is 7.60. The average Bonchev–Trinajstić information content (AvgIpc) is 2.56. The van der Waals surface area contributed by atoms with Gasteiger partial charge in [-0.2, -0.15) is 0 Å². The van der Waals surface area contributed by atoms with Crippen molar-refractivity contribution in [3.8, 4) is 0 Å². The molecule has 0 radical (unpaired) electrons. The standard InChI is InChI=1S/C13H12N2/c1-8-3-4-10-11(5-8)15-12-7-14-6-9(2)13(10)12/h3-7,15H,1-2H3. The van der Waals surface area contributed by atoms with Crippen LogP contribution in [0.2, 0.25) is 0 Å². The summed E-state index contributed by atoms with van der Waals surface area (Å²) >= 11 is 0. The molecule has 0 fully saturated rings. The van der Waals surface area contributed by atoms with E-state index in [1.54, 1.807) is 0 Å². The predicted octanol–water partition coefficient (Wildman–Crippen LogP) is 3.33. The van der Waals surface area contributed by atoms with Crippen LogP contribution in [0.1, 0.15) is 11.1 Å². The summed E-state index contributed by atoms with van der Waals surface area (Å²) in [5, 5.41) is 2.58. The summed E-state index contributed by atoms with van der Waals surface area (Å²) in [5.74, 6) is 0. The summed E-state index contributed by atoms with van der Waals surface area (Å²) in [6.45, 7) is 4.21. The van der Waals surface area contributed by atoms with Crippen molar-refractivity contribution in [3.05, 3.63) is 41.7 Å². The van der Waals surface area contributed by atoms with Crippen molar-refractivity contribution < 1.29 is 0 Å². The van der Waals surface area contributed by atoms with Gasteiger partial charge in [-0.25, -0.2) is 0 Å². The molecule has 2 heteroatoms. The number of H-pyrrole nitrogens is 1. The molecule has 0 bridgehead atoms. The van der Waals surface area contributed by atoms with E-state index in [1.165, 1.54) is 27.4 Å². The molecule has 74 valence electrons. The van der Waals surface area contributed by atoms with Gasteiger partial charge in [-0.1, -0.05) is 12.1 Å². The lowest BCUT2D eigenvalue weighted by molar-refractivity contribution is 1.30. The van der Waals surface area contributed by atoms with E-state index in [1.807, 2.05) is 12.4 Å². The van der Waals surface area contributed by atoms with Crippen LogP contribution in [0.5, 0.6) is 0 Å². The second-order valence-electron chi connectivity index (χ2n) is 4.05. The Labute approximate surface area is 88.0 Å². The number of fused-ring (bicyclic) bond motifs is 3. The molecular weight excluding hydrogens is 184 g/mol. The Hall–Kier alpha value is -1.83.